The zero-order chi connectivity index (χ0) is 23.8. The largest absolute Gasteiger partial charge is 0.333 e. The van der Waals surface area contributed by atoms with Crippen molar-refractivity contribution in [3.05, 3.63) is 52.3 Å². The summed E-state index contributed by atoms with van der Waals surface area (Å²) >= 11 is 6.16. The van der Waals surface area contributed by atoms with Gasteiger partial charge in [-0.25, -0.2) is 9.97 Å². The number of fused-ring (bicyclic) bond motifs is 1. The van der Waals surface area contributed by atoms with Crippen LogP contribution in [-0.4, -0.2) is 50.7 Å². The Balaban J connectivity index is 1.38. The standard InChI is InChI=1S/C24H27ClN6O3/c25-20-9-10-27-24(28-20)30(17-4-2-16(26)3-5-17)12-14-1-6-18-15(11-14)13-31(23(18)34)19-7-8-21(32)29-22(19)33/h1,6,9-11,16-17,19H,2-5,7-8,12-13,26H2,(H,29,32,33). The van der Waals surface area contributed by atoms with Crippen molar-refractivity contribution in [2.24, 2.45) is 5.73 Å². The molecule has 10 heteroatoms. The number of rotatable bonds is 5. The molecule has 3 amide bonds. The first kappa shape index (κ1) is 22.7. The molecule has 1 aliphatic carbocycles. The number of hydrogen-bond donors (Lipinski definition) is 2. The fraction of sp³-hybridized carbons (Fsp3) is 0.458. The quantitative estimate of drug-likeness (QED) is 0.494. The Kier molecular flexibility index (Phi) is 6.22. The fourth-order valence-electron chi connectivity index (χ4n) is 5.16. The number of hydrogen-bond acceptors (Lipinski definition) is 7. The zero-order valence-electron chi connectivity index (χ0n) is 18.7. The summed E-state index contributed by atoms with van der Waals surface area (Å²) in [6.45, 7) is 0.917. The Morgan fingerprint density at radius 1 is 1.12 bits per heavy atom. The molecule has 0 radical (unpaired) electrons. The van der Waals surface area contributed by atoms with Crippen molar-refractivity contribution in [3.63, 3.8) is 0 Å². The number of aromatic nitrogens is 2. The highest BCUT2D eigenvalue weighted by Gasteiger charge is 2.39. The molecule has 3 N–H and O–H groups in total. The number of amides is 3. The Morgan fingerprint density at radius 2 is 1.91 bits per heavy atom. The Morgan fingerprint density at radius 3 is 2.65 bits per heavy atom. The molecule has 3 aliphatic rings. The summed E-state index contributed by atoms with van der Waals surface area (Å²) in [4.78, 5) is 49.5. The van der Waals surface area contributed by atoms with Crippen LogP contribution in [0.5, 0.6) is 0 Å². The molecule has 3 heterocycles. The summed E-state index contributed by atoms with van der Waals surface area (Å²) in [6, 6.07) is 7.29. The minimum Gasteiger partial charge on any atom is -0.333 e. The molecule has 1 saturated heterocycles. The SMILES string of the molecule is NC1CCC(N(Cc2ccc3c(c2)CN(C2CCC(=O)NC2=O)C3=O)c2nccc(Cl)n2)CC1. The van der Waals surface area contributed by atoms with E-state index < -0.39 is 11.9 Å². The second kappa shape index (κ2) is 9.31. The molecule has 178 valence electrons. The molecular formula is C24H27ClN6O3. The predicted octanol–water partition coefficient (Wildman–Crippen LogP) is 2.17. The molecule has 9 nitrogen and oxygen atoms in total. The van der Waals surface area contributed by atoms with Crippen LogP contribution in [0.4, 0.5) is 5.95 Å². The van der Waals surface area contributed by atoms with Crippen LogP contribution in [-0.2, 0) is 22.7 Å². The number of nitrogens with two attached hydrogens (primary N) is 1. The van der Waals surface area contributed by atoms with Crippen LogP contribution in [0.1, 0.15) is 60.0 Å². The van der Waals surface area contributed by atoms with E-state index in [1.165, 1.54) is 0 Å². The van der Waals surface area contributed by atoms with Gasteiger partial charge in [0.1, 0.15) is 11.2 Å². The van der Waals surface area contributed by atoms with Crippen molar-refractivity contribution < 1.29 is 14.4 Å². The molecule has 34 heavy (non-hydrogen) atoms. The van der Waals surface area contributed by atoms with Gasteiger partial charge in [0.15, 0.2) is 0 Å². The van der Waals surface area contributed by atoms with E-state index in [1.54, 1.807) is 17.2 Å². The van der Waals surface area contributed by atoms with Crippen molar-refractivity contribution >= 4 is 35.3 Å². The summed E-state index contributed by atoms with van der Waals surface area (Å²) in [6.07, 6.45) is 6.03. The van der Waals surface area contributed by atoms with E-state index >= 15 is 0 Å². The summed E-state index contributed by atoms with van der Waals surface area (Å²) in [5.74, 6) is -0.292. The summed E-state index contributed by atoms with van der Waals surface area (Å²) in [5, 5.41) is 2.73. The number of anilines is 1. The Hall–Kier alpha value is -3.04. The monoisotopic (exact) mass is 482 g/mol. The van der Waals surface area contributed by atoms with Gasteiger partial charge >= 0.3 is 0 Å². The van der Waals surface area contributed by atoms with Gasteiger partial charge in [0, 0.05) is 43.4 Å². The summed E-state index contributed by atoms with van der Waals surface area (Å²) in [5.41, 5.74) is 8.63. The fourth-order valence-corrected chi connectivity index (χ4v) is 5.30. The summed E-state index contributed by atoms with van der Waals surface area (Å²) < 4.78 is 0. The lowest BCUT2D eigenvalue weighted by atomic mass is 9.90. The van der Waals surface area contributed by atoms with Gasteiger partial charge in [-0.1, -0.05) is 23.7 Å². The van der Waals surface area contributed by atoms with Crippen LogP contribution in [0, 0.1) is 0 Å². The number of imide groups is 1. The second-order valence-electron chi connectivity index (χ2n) is 9.27. The number of halogens is 1. The molecule has 0 spiro atoms. The number of nitrogens with zero attached hydrogens (tertiary/aromatic N) is 4. The van der Waals surface area contributed by atoms with E-state index in [1.807, 2.05) is 18.2 Å². The number of carbonyl (C=O) groups is 3. The van der Waals surface area contributed by atoms with Crippen molar-refractivity contribution in [2.45, 2.75) is 69.7 Å². The molecule has 1 atom stereocenters. The average Bonchev–Trinajstić information content (AvgIpc) is 3.13. The third-order valence-corrected chi connectivity index (χ3v) is 7.20. The highest BCUT2D eigenvalue weighted by molar-refractivity contribution is 6.29. The van der Waals surface area contributed by atoms with Crippen molar-refractivity contribution in [1.82, 2.24) is 20.2 Å². The van der Waals surface area contributed by atoms with Gasteiger partial charge in [-0.05, 0) is 55.4 Å². The van der Waals surface area contributed by atoms with Gasteiger partial charge in [0.05, 0.1) is 0 Å². The lowest BCUT2D eigenvalue weighted by Crippen LogP contribution is -2.52. The van der Waals surface area contributed by atoms with E-state index in [4.69, 9.17) is 17.3 Å². The predicted molar refractivity (Wildman–Crippen MR) is 126 cm³/mol. The maximum Gasteiger partial charge on any atom is 0.255 e. The highest BCUT2D eigenvalue weighted by atomic mass is 35.5. The first-order valence-corrected chi connectivity index (χ1v) is 12.0. The first-order valence-electron chi connectivity index (χ1n) is 11.7. The van der Waals surface area contributed by atoms with Gasteiger partial charge in [-0.3, -0.25) is 19.7 Å². The molecule has 5 rings (SSSR count). The molecule has 2 fully saturated rings. The van der Waals surface area contributed by atoms with Gasteiger partial charge < -0.3 is 15.5 Å². The summed E-state index contributed by atoms with van der Waals surface area (Å²) in [7, 11) is 0. The van der Waals surface area contributed by atoms with Crippen molar-refractivity contribution in [2.75, 3.05) is 4.90 Å². The number of benzene rings is 1. The Labute approximate surface area is 202 Å². The lowest BCUT2D eigenvalue weighted by molar-refractivity contribution is -0.136. The smallest absolute Gasteiger partial charge is 0.255 e. The molecule has 1 aromatic heterocycles. The van der Waals surface area contributed by atoms with Crippen LogP contribution in [0.2, 0.25) is 5.15 Å². The van der Waals surface area contributed by atoms with Gasteiger partial charge in [-0.15, -0.1) is 0 Å². The molecule has 0 bridgehead atoms. The van der Waals surface area contributed by atoms with Crippen molar-refractivity contribution in [1.29, 1.82) is 0 Å². The van der Waals surface area contributed by atoms with Gasteiger partial charge in [0.25, 0.3) is 5.91 Å². The molecular weight excluding hydrogens is 456 g/mol. The van der Waals surface area contributed by atoms with Crippen LogP contribution < -0.4 is 16.0 Å². The van der Waals surface area contributed by atoms with Gasteiger partial charge in [-0.2, -0.15) is 0 Å². The third kappa shape index (κ3) is 4.50. The first-order chi connectivity index (χ1) is 16.4. The van der Waals surface area contributed by atoms with Gasteiger partial charge in [0.2, 0.25) is 17.8 Å². The maximum absolute atomic E-state index is 13.0. The van der Waals surface area contributed by atoms with E-state index in [0.29, 0.717) is 36.2 Å². The zero-order valence-corrected chi connectivity index (χ0v) is 19.5. The maximum atomic E-state index is 13.0. The van der Waals surface area contributed by atoms with Crippen molar-refractivity contribution in [3.8, 4) is 0 Å². The molecule has 2 aliphatic heterocycles. The number of piperidine rings is 1. The number of carbonyl (C=O) groups excluding carboxylic acids is 3. The third-order valence-electron chi connectivity index (χ3n) is 6.99. The van der Waals surface area contributed by atoms with E-state index in [0.717, 1.165) is 36.8 Å². The highest BCUT2D eigenvalue weighted by Crippen LogP contribution is 2.31. The molecule has 1 unspecified atom stereocenters. The second-order valence-corrected chi connectivity index (χ2v) is 9.65. The lowest BCUT2D eigenvalue weighted by Gasteiger charge is -2.36. The average molecular weight is 483 g/mol. The van der Waals surface area contributed by atoms with E-state index in [9.17, 15) is 14.4 Å². The molecule has 2 aromatic rings. The number of nitrogens with one attached hydrogen (secondary N) is 1. The molecule has 1 saturated carbocycles. The van der Waals surface area contributed by atoms with Crippen LogP contribution in [0.15, 0.2) is 30.5 Å². The van der Waals surface area contributed by atoms with Crippen LogP contribution in [0.3, 0.4) is 0 Å². The van der Waals surface area contributed by atoms with E-state index in [2.05, 4.69) is 20.2 Å². The minimum atomic E-state index is -0.621. The van der Waals surface area contributed by atoms with Crippen LogP contribution in [0.25, 0.3) is 0 Å². The normalized spacial score (nSPS) is 24.7. The van der Waals surface area contributed by atoms with Crippen LogP contribution >= 0.6 is 11.6 Å². The minimum absolute atomic E-state index is 0.174. The Bertz CT molecular complexity index is 1130. The molecule has 1 aromatic carbocycles. The van der Waals surface area contributed by atoms with E-state index in [-0.39, 0.29) is 30.3 Å². The topological polar surface area (TPSA) is 122 Å².